The summed E-state index contributed by atoms with van der Waals surface area (Å²) in [5, 5.41) is 5.97. The van der Waals surface area contributed by atoms with Gasteiger partial charge in [0, 0.05) is 37.4 Å². The van der Waals surface area contributed by atoms with E-state index in [2.05, 4.69) is 15.5 Å². The quantitative estimate of drug-likeness (QED) is 0.450. The topological polar surface area (TPSA) is 66.4 Å². The number of amides is 1. The van der Waals surface area contributed by atoms with Gasteiger partial charge in [0.05, 0.1) is 17.3 Å². The van der Waals surface area contributed by atoms with E-state index in [9.17, 15) is 29.0 Å². The van der Waals surface area contributed by atoms with Crippen LogP contribution in [0.5, 0.6) is 0 Å². The monoisotopic (exact) mass is 532 g/mol. The first-order chi connectivity index (χ1) is 16.6. The van der Waals surface area contributed by atoms with Gasteiger partial charge in [-0.2, -0.15) is 0 Å². The summed E-state index contributed by atoms with van der Waals surface area (Å²) in [7, 11) is -7.82. The minimum Gasteiger partial charge on any atom is -0.381 e. The van der Waals surface area contributed by atoms with Crippen molar-refractivity contribution in [1.82, 2.24) is 14.8 Å². The largest absolute Gasteiger partial charge is 0.381 e. The Labute approximate surface area is 205 Å². The Kier molecular flexibility index (Phi) is 5.36. The number of pyridine rings is 1. The predicted molar refractivity (Wildman–Crippen MR) is 129 cm³/mol. The molecule has 2 heterocycles. The van der Waals surface area contributed by atoms with Crippen LogP contribution in [0.2, 0.25) is 0 Å². The van der Waals surface area contributed by atoms with Crippen molar-refractivity contribution in [1.29, 1.82) is 0 Å². The van der Waals surface area contributed by atoms with Crippen LogP contribution in [0.15, 0.2) is 46.2 Å². The van der Waals surface area contributed by atoms with E-state index in [1.54, 1.807) is 0 Å². The average Bonchev–Trinajstić information content (AvgIpc) is 3.17. The molecule has 198 valence electrons. The van der Waals surface area contributed by atoms with Gasteiger partial charge in [-0.25, -0.2) is 0 Å². The van der Waals surface area contributed by atoms with Crippen LogP contribution in [-0.4, -0.2) is 41.6 Å². The van der Waals surface area contributed by atoms with Gasteiger partial charge >= 0.3 is 10.2 Å². The van der Waals surface area contributed by atoms with E-state index < -0.39 is 27.1 Å². The number of nitrogens with one attached hydrogen (secondary N) is 2. The fourth-order valence-corrected chi connectivity index (χ4v) is 6.01. The van der Waals surface area contributed by atoms with E-state index in [0.717, 1.165) is 38.4 Å². The highest BCUT2D eigenvalue weighted by molar-refractivity contribution is 8.45. The molecule has 0 spiro atoms. The predicted octanol–water partition coefficient (Wildman–Crippen LogP) is 5.69. The van der Waals surface area contributed by atoms with Crippen molar-refractivity contribution in [2.24, 2.45) is 11.8 Å². The van der Waals surface area contributed by atoms with Gasteiger partial charge in [0.25, 0.3) is 11.5 Å². The van der Waals surface area contributed by atoms with Crippen LogP contribution in [0.1, 0.15) is 54.2 Å². The molecule has 0 unspecified atom stereocenters. The Hall–Kier alpha value is -2.60. The first kappa shape index (κ1) is 25.1. The van der Waals surface area contributed by atoms with Crippen molar-refractivity contribution in [3.63, 3.8) is 0 Å². The second-order valence-electron chi connectivity index (χ2n) is 10.4. The van der Waals surface area contributed by atoms with Crippen LogP contribution in [0, 0.1) is 11.8 Å². The molecule has 3 fully saturated rings. The lowest BCUT2D eigenvalue weighted by molar-refractivity contribution is 0.0939. The number of fused-ring (bicyclic) bond motifs is 1. The summed E-state index contributed by atoms with van der Waals surface area (Å²) < 4.78 is 68.0. The molecule has 0 bridgehead atoms. The fraction of sp³-hybridized carbons (Fsp3) is 0.500. The second kappa shape index (κ2) is 7.70. The number of aromatic nitrogens is 1. The van der Waals surface area contributed by atoms with E-state index in [1.165, 1.54) is 29.8 Å². The zero-order valence-electron chi connectivity index (χ0n) is 19.9. The molecule has 2 aromatic rings. The Morgan fingerprint density at radius 2 is 1.75 bits per heavy atom. The molecular formula is C24H29F5N4O2S. The Bertz CT molecular complexity index is 1270. The van der Waals surface area contributed by atoms with Gasteiger partial charge < -0.3 is 20.1 Å². The molecule has 1 saturated heterocycles. The molecule has 6 nitrogen and oxygen atoms in total. The highest BCUT2D eigenvalue weighted by Gasteiger charge is 2.65. The minimum absolute atomic E-state index is 0.00125. The highest BCUT2D eigenvalue weighted by Crippen LogP contribution is 3.02. The summed E-state index contributed by atoms with van der Waals surface area (Å²) in [5.41, 5.74) is 0.257. The molecule has 1 amide bonds. The Morgan fingerprint density at radius 1 is 1.08 bits per heavy atom. The summed E-state index contributed by atoms with van der Waals surface area (Å²) in [6.45, 7) is 3.27. The zero-order chi connectivity index (χ0) is 26.1. The number of carbonyl (C=O) groups excluding carboxylic acids is 1. The molecule has 1 aromatic carbocycles. The van der Waals surface area contributed by atoms with E-state index in [0.29, 0.717) is 29.7 Å². The molecule has 0 radical (unpaired) electrons. The maximum atomic E-state index is 13.3. The third-order valence-electron chi connectivity index (χ3n) is 7.64. The third-order valence-corrected chi connectivity index (χ3v) is 8.79. The molecule has 1 aliphatic heterocycles. The molecule has 1 aromatic heterocycles. The smallest absolute Gasteiger partial charge is 0.310 e. The molecule has 36 heavy (non-hydrogen) atoms. The number of nitrogens with zero attached hydrogens (tertiary/aromatic N) is 2. The van der Waals surface area contributed by atoms with Gasteiger partial charge in [0.15, 0.2) is 0 Å². The molecule has 2 N–H and O–H groups in total. The maximum absolute atomic E-state index is 13.3. The molecule has 5 rings (SSSR count). The van der Waals surface area contributed by atoms with Crippen molar-refractivity contribution in [2.45, 2.75) is 49.2 Å². The Balaban J connectivity index is 1.41. The Morgan fingerprint density at radius 3 is 2.33 bits per heavy atom. The van der Waals surface area contributed by atoms with Crippen LogP contribution >= 0.6 is 10.2 Å². The van der Waals surface area contributed by atoms with Crippen LogP contribution in [-0.2, 0) is 0 Å². The maximum Gasteiger partial charge on any atom is 0.310 e. The lowest BCUT2D eigenvalue weighted by Gasteiger charge is -2.40. The van der Waals surface area contributed by atoms with E-state index in [1.807, 2.05) is 7.05 Å². The van der Waals surface area contributed by atoms with Crippen LogP contribution in [0.3, 0.4) is 0 Å². The lowest BCUT2D eigenvalue weighted by atomic mass is 9.92. The number of rotatable bonds is 7. The first-order valence-electron chi connectivity index (χ1n) is 12.0. The molecule has 2 aliphatic carbocycles. The number of halogens is 5. The number of hydrogen-bond donors (Lipinski definition) is 2. The number of anilines is 1. The molecule has 2 saturated carbocycles. The molecule has 4 atom stereocenters. The molecule has 12 heteroatoms. The summed E-state index contributed by atoms with van der Waals surface area (Å²) >= 11 is 0. The van der Waals surface area contributed by atoms with Crippen molar-refractivity contribution >= 4 is 21.8 Å². The summed E-state index contributed by atoms with van der Waals surface area (Å²) in [6.07, 6.45) is 4.14. The summed E-state index contributed by atoms with van der Waals surface area (Å²) in [6, 6.07) is 3.43. The summed E-state index contributed by atoms with van der Waals surface area (Å²) in [4.78, 5) is 26.3. The van der Waals surface area contributed by atoms with Crippen molar-refractivity contribution in [3.05, 3.63) is 58.0 Å². The standard InChI is InChI=1S/C24H29F5N4O2S/c1-14(15-5-3-8-17(9-15)36(25,26,27,28)29)30-24(35)20-13-33(16-6-4-7-16)22(34)10-21(20)31-23-18-11-32(2)12-19(18)23/h3,5,8-10,13-14,16,18-19,23,31H,4,6-7,11-12H2,1-2H3,(H,30,35)/t14-,18-,19+,23+/m1/s1. The van der Waals surface area contributed by atoms with Crippen LogP contribution in [0.4, 0.5) is 25.1 Å². The van der Waals surface area contributed by atoms with Gasteiger partial charge in [-0.1, -0.05) is 31.6 Å². The van der Waals surface area contributed by atoms with Gasteiger partial charge in [0.2, 0.25) is 0 Å². The van der Waals surface area contributed by atoms with Crippen molar-refractivity contribution in [2.75, 3.05) is 25.5 Å². The third kappa shape index (κ3) is 4.84. The number of carbonyl (C=O) groups is 1. The second-order valence-corrected chi connectivity index (χ2v) is 12.8. The van der Waals surface area contributed by atoms with E-state index in [-0.39, 0.29) is 28.8 Å². The number of piperidine rings is 1. The minimum atomic E-state index is -9.86. The lowest BCUT2D eigenvalue weighted by Crippen LogP contribution is -2.33. The zero-order valence-corrected chi connectivity index (χ0v) is 20.7. The molecule has 3 aliphatic rings. The fourth-order valence-electron chi connectivity index (χ4n) is 5.31. The van der Waals surface area contributed by atoms with Gasteiger partial charge in [-0.05, 0) is 62.8 Å². The van der Waals surface area contributed by atoms with Gasteiger partial charge in [-0.15, -0.1) is 0 Å². The highest BCUT2D eigenvalue weighted by atomic mass is 32.5. The van der Waals surface area contributed by atoms with Crippen molar-refractivity contribution in [3.8, 4) is 0 Å². The molecular weight excluding hydrogens is 503 g/mol. The van der Waals surface area contributed by atoms with Crippen LogP contribution in [0.25, 0.3) is 0 Å². The summed E-state index contributed by atoms with van der Waals surface area (Å²) in [5.74, 6) is 0.251. The van der Waals surface area contributed by atoms with E-state index >= 15 is 0 Å². The van der Waals surface area contributed by atoms with Crippen molar-refractivity contribution < 1.29 is 24.2 Å². The van der Waals surface area contributed by atoms with E-state index in [4.69, 9.17) is 0 Å². The van der Waals surface area contributed by atoms with Crippen LogP contribution < -0.4 is 16.2 Å². The SMILES string of the molecule is C[C@@H](NC(=O)c1cn(C2CCC2)c(=O)cc1N[C@H]1[C@@H]2CN(C)C[C@@H]21)c1cccc(S(F)(F)(F)(F)F)c1. The first-order valence-corrected chi connectivity index (χ1v) is 13.9. The number of hydrogen-bond acceptors (Lipinski definition) is 4. The van der Waals surface area contributed by atoms with Gasteiger partial charge in [0.1, 0.15) is 4.90 Å². The van der Waals surface area contributed by atoms with Gasteiger partial charge in [-0.3, -0.25) is 9.59 Å². The average molecular weight is 533 g/mol. The normalized spacial score (nSPS) is 26.8. The number of likely N-dealkylation sites (tertiary alicyclic amines) is 1. The number of benzene rings is 1.